The fourth-order valence-corrected chi connectivity index (χ4v) is 2.71. The Bertz CT molecular complexity index is 603. The third kappa shape index (κ3) is 4.57. The first-order valence-corrected chi connectivity index (χ1v) is 8.05. The van der Waals surface area contributed by atoms with Crippen molar-refractivity contribution >= 4 is 33.7 Å². The molecule has 1 N–H and O–H groups in total. The second-order valence-corrected chi connectivity index (χ2v) is 7.12. The van der Waals surface area contributed by atoms with Crippen molar-refractivity contribution in [3.63, 3.8) is 0 Å². The number of halogens is 1. The second-order valence-electron chi connectivity index (χ2n) is 6.31. The van der Waals surface area contributed by atoms with E-state index in [0.29, 0.717) is 11.1 Å². The molecule has 1 aliphatic rings. The molecular weight excluding hydrogens is 366 g/mol. The number of aliphatic carboxylic acids is 1. The van der Waals surface area contributed by atoms with E-state index >= 15 is 0 Å². The lowest BCUT2D eigenvalue weighted by Gasteiger charge is -2.40. The Morgan fingerprint density at radius 3 is 2.65 bits per heavy atom. The molecule has 1 amide bonds. The highest BCUT2D eigenvalue weighted by molar-refractivity contribution is 9.10. The fraction of sp³-hybridized carbons (Fsp3) is 0.533. The molecule has 1 aliphatic heterocycles. The van der Waals surface area contributed by atoms with Crippen molar-refractivity contribution in [2.75, 3.05) is 24.5 Å². The summed E-state index contributed by atoms with van der Waals surface area (Å²) in [5, 5.41) is 9.48. The number of carbonyl (C=O) groups is 2. The van der Waals surface area contributed by atoms with E-state index in [1.807, 2.05) is 17.0 Å². The molecule has 0 saturated carbocycles. The Kier molecular flexibility index (Phi) is 5.13. The van der Waals surface area contributed by atoms with Gasteiger partial charge in [0.15, 0.2) is 0 Å². The highest BCUT2D eigenvalue weighted by Gasteiger charge is 2.37. The zero-order valence-electron chi connectivity index (χ0n) is 13.3. The summed E-state index contributed by atoms with van der Waals surface area (Å²) in [5.74, 6) is -1.05. The van der Waals surface area contributed by atoms with Crippen LogP contribution in [0.2, 0.25) is 0 Å². The standard InChI is InChI=1S/C15H20BrN3O4/c1-15(2,3)23-14(22)19-7-6-18(9-11(19)13(20)21)10-4-5-17-12(16)8-10/h4-5,8,11H,6-7,9H2,1-3H3,(H,20,21). The Morgan fingerprint density at radius 1 is 1.39 bits per heavy atom. The van der Waals surface area contributed by atoms with Gasteiger partial charge in [-0.3, -0.25) is 4.90 Å². The minimum Gasteiger partial charge on any atom is -0.480 e. The van der Waals surface area contributed by atoms with E-state index < -0.39 is 23.7 Å². The molecule has 0 radical (unpaired) electrons. The number of hydrogen-bond donors (Lipinski definition) is 1. The summed E-state index contributed by atoms with van der Waals surface area (Å²) in [6, 6.07) is 2.68. The Balaban J connectivity index is 2.15. The van der Waals surface area contributed by atoms with Crippen LogP contribution in [0.1, 0.15) is 20.8 Å². The Morgan fingerprint density at radius 2 is 2.09 bits per heavy atom. The predicted octanol–water partition coefficient (Wildman–Crippen LogP) is 2.35. The molecule has 126 valence electrons. The minimum atomic E-state index is -1.05. The molecule has 0 bridgehead atoms. The molecule has 2 rings (SSSR count). The van der Waals surface area contributed by atoms with Crippen LogP contribution in [0.5, 0.6) is 0 Å². The van der Waals surface area contributed by atoms with Crippen molar-refractivity contribution in [1.82, 2.24) is 9.88 Å². The zero-order chi connectivity index (χ0) is 17.2. The quantitative estimate of drug-likeness (QED) is 0.786. The molecule has 7 nitrogen and oxygen atoms in total. The molecule has 1 aromatic heterocycles. The zero-order valence-corrected chi connectivity index (χ0v) is 14.9. The molecule has 0 aromatic carbocycles. The number of ether oxygens (including phenoxy) is 1. The monoisotopic (exact) mass is 385 g/mol. The maximum absolute atomic E-state index is 12.2. The number of anilines is 1. The van der Waals surface area contributed by atoms with Gasteiger partial charge in [-0.05, 0) is 48.8 Å². The number of amides is 1. The summed E-state index contributed by atoms with van der Waals surface area (Å²) >= 11 is 3.30. The Hall–Kier alpha value is -1.83. The normalized spacial score (nSPS) is 18.7. The molecule has 0 aliphatic carbocycles. The molecule has 1 aromatic rings. The third-order valence-electron chi connectivity index (χ3n) is 3.37. The summed E-state index contributed by atoms with van der Waals surface area (Å²) in [6.07, 6.45) is 1.05. The van der Waals surface area contributed by atoms with Crippen LogP contribution in [0.4, 0.5) is 10.5 Å². The first kappa shape index (κ1) is 17.5. The van der Waals surface area contributed by atoms with Crippen molar-refractivity contribution in [2.24, 2.45) is 0 Å². The molecule has 1 atom stereocenters. The van der Waals surface area contributed by atoms with Crippen LogP contribution in [-0.2, 0) is 9.53 Å². The lowest BCUT2D eigenvalue weighted by atomic mass is 10.1. The van der Waals surface area contributed by atoms with Gasteiger partial charge in [-0.1, -0.05) is 0 Å². The average molecular weight is 386 g/mol. The molecule has 0 spiro atoms. The van der Waals surface area contributed by atoms with Crippen LogP contribution in [0.15, 0.2) is 22.9 Å². The van der Waals surface area contributed by atoms with Crippen molar-refractivity contribution in [1.29, 1.82) is 0 Å². The van der Waals surface area contributed by atoms with Gasteiger partial charge in [0.1, 0.15) is 16.2 Å². The van der Waals surface area contributed by atoms with E-state index in [9.17, 15) is 14.7 Å². The molecule has 2 heterocycles. The smallest absolute Gasteiger partial charge is 0.411 e. The number of hydrogen-bond acceptors (Lipinski definition) is 5. The molecule has 8 heteroatoms. The number of rotatable bonds is 2. The summed E-state index contributed by atoms with van der Waals surface area (Å²) in [7, 11) is 0. The predicted molar refractivity (Wildman–Crippen MR) is 88.5 cm³/mol. The van der Waals surface area contributed by atoms with Crippen LogP contribution in [-0.4, -0.2) is 58.3 Å². The minimum absolute atomic E-state index is 0.199. The molecule has 1 saturated heterocycles. The maximum atomic E-state index is 12.2. The molecule has 1 unspecified atom stereocenters. The first-order chi connectivity index (χ1) is 10.7. The van der Waals surface area contributed by atoms with Gasteiger partial charge in [0.05, 0.1) is 0 Å². The number of carbonyl (C=O) groups excluding carboxylic acids is 1. The number of piperazine rings is 1. The number of carboxylic acid groups (broad SMARTS) is 1. The maximum Gasteiger partial charge on any atom is 0.411 e. The van der Waals surface area contributed by atoms with Gasteiger partial charge < -0.3 is 14.7 Å². The third-order valence-corrected chi connectivity index (χ3v) is 3.80. The number of aromatic nitrogens is 1. The van der Waals surface area contributed by atoms with E-state index in [2.05, 4.69) is 20.9 Å². The van der Waals surface area contributed by atoms with Gasteiger partial charge in [-0.25, -0.2) is 14.6 Å². The highest BCUT2D eigenvalue weighted by Crippen LogP contribution is 2.23. The van der Waals surface area contributed by atoms with E-state index in [0.717, 1.165) is 5.69 Å². The Labute approximate surface area is 143 Å². The van der Waals surface area contributed by atoms with E-state index in [1.165, 1.54) is 4.90 Å². The van der Waals surface area contributed by atoms with Crippen LogP contribution in [0.25, 0.3) is 0 Å². The number of pyridine rings is 1. The van der Waals surface area contributed by atoms with Crippen LogP contribution < -0.4 is 4.90 Å². The number of carboxylic acids is 1. The molecular formula is C15H20BrN3O4. The largest absolute Gasteiger partial charge is 0.480 e. The van der Waals surface area contributed by atoms with Gasteiger partial charge in [-0.15, -0.1) is 0 Å². The second kappa shape index (κ2) is 6.74. The van der Waals surface area contributed by atoms with E-state index in [-0.39, 0.29) is 13.1 Å². The summed E-state index contributed by atoms with van der Waals surface area (Å²) < 4.78 is 5.98. The number of nitrogens with zero attached hydrogens (tertiary/aromatic N) is 3. The van der Waals surface area contributed by atoms with E-state index in [4.69, 9.17) is 4.74 Å². The highest BCUT2D eigenvalue weighted by atomic mass is 79.9. The van der Waals surface area contributed by atoms with Gasteiger partial charge in [0.2, 0.25) is 0 Å². The SMILES string of the molecule is CC(C)(C)OC(=O)N1CCN(c2ccnc(Br)c2)CC1C(=O)O. The summed E-state index contributed by atoms with van der Waals surface area (Å²) in [5.41, 5.74) is 0.203. The topological polar surface area (TPSA) is 83.0 Å². The fourth-order valence-electron chi connectivity index (χ4n) is 2.36. The van der Waals surface area contributed by atoms with Crippen molar-refractivity contribution in [3.8, 4) is 0 Å². The van der Waals surface area contributed by atoms with Gasteiger partial charge in [0, 0.05) is 31.5 Å². The van der Waals surface area contributed by atoms with Gasteiger partial charge in [-0.2, -0.15) is 0 Å². The van der Waals surface area contributed by atoms with Crippen LogP contribution in [0.3, 0.4) is 0 Å². The first-order valence-electron chi connectivity index (χ1n) is 7.26. The van der Waals surface area contributed by atoms with Crippen molar-refractivity contribution < 1.29 is 19.4 Å². The summed E-state index contributed by atoms with van der Waals surface area (Å²) in [6.45, 7) is 6.28. The summed E-state index contributed by atoms with van der Waals surface area (Å²) in [4.78, 5) is 31.1. The van der Waals surface area contributed by atoms with Gasteiger partial charge in [0.25, 0.3) is 0 Å². The average Bonchev–Trinajstić information content (AvgIpc) is 2.44. The van der Waals surface area contributed by atoms with Crippen molar-refractivity contribution in [2.45, 2.75) is 32.4 Å². The van der Waals surface area contributed by atoms with Gasteiger partial charge >= 0.3 is 12.1 Å². The molecule has 1 fully saturated rings. The van der Waals surface area contributed by atoms with E-state index in [1.54, 1.807) is 27.0 Å². The van der Waals surface area contributed by atoms with Crippen LogP contribution in [0, 0.1) is 0 Å². The van der Waals surface area contributed by atoms with Crippen LogP contribution >= 0.6 is 15.9 Å². The lowest BCUT2D eigenvalue weighted by molar-refractivity contribution is -0.143. The van der Waals surface area contributed by atoms with Crippen molar-refractivity contribution in [3.05, 3.63) is 22.9 Å². The molecule has 23 heavy (non-hydrogen) atoms. The lowest BCUT2D eigenvalue weighted by Crippen LogP contribution is -2.59.